The van der Waals surface area contributed by atoms with Crippen LogP contribution in [0.3, 0.4) is 0 Å². The lowest BCUT2D eigenvalue weighted by Gasteiger charge is -2.35. The average Bonchev–Trinajstić information content (AvgIpc) is 2.55. The molecule has 7 heteroatoms. The predicted molar refractivity (Wildman–Crippen MR) is 97.9 cm³/mol. The number of carbonyl (C=O) groups excluding carboxylic acids is 2. The first-order chi connectivity index (χ1) is 11.0. The standard InChI is InChI=1S/C17H26N4O2.ClH/c18-12-17(8-2-1-3-9-17)10-15(22)21-14-6-4-13(5-7-14)11-20-16(19)23;/h4-7H,1-3,8-12,18H2,(H,21,22)(H3,19,20,23);1H. The molecule has 1 saturated carbocycles. The van der Waals surface area contributed by atoms with Gasteiger partial charge in [0.15, 0.2) is 0 Å². The molecule has 0 spiro atoms. The molecule has 0 bridgehead atoms. The Balaban J connectivity index is 0.00000288. The van der Waals surface area contributed by atoms with Crippen LogP contribution in [0.15, 0.2) is 24.3 Å². The minimum atomic E-state index is -0.554. The molecule has 0 unspecified atom stereocenters. The van der Waals surface area contributed by atoms with Crippen LogP contribution < -0.4 is 22.1 Å². The number of hydrogen-bond acceptors (Lipinski definition) is 3. The molecule has 6 N–H and O–H groups in total. The van der Waals surface area contributed by atoms with Gasteiger partial charge in [-0.15, -0.1) is 12.4 Å². The quantitative estimate of drug-likeness (QED) is 0.629. The van der Waals surface area contributed by atoms with Gasteiger partial charge >= 0.3 is 6.03 Å². The van der Waals surface area contributed by atoms with Crippen LogP contribution >= 0.6 is 12.4 Å². The number of carbonyl (C=O) groups is 2. The zero-order chi connectivity index (χ0) is 16.7. The summed E-state index contributed by atoms with van der Waals surface area (Å²) in [5, 5.41) is 5.46. The van der Waals surface area contributed by atoms with Gasteiger partial charge in [0, 0.05) is 18.7 Å². The minimum Gasteiger partial charge on any atom is -0.352 e. The number of anilines is 1. The van der Waals surface area contributed by atoms with E-state index in [0.717, 1.165) is 36.9 Å². The Hall–Kier alpha value is -1.79. The Labute approximate surface area is 149 Å². The van der Waals surface area contributed by atoms with Crippen LogP contribution in [-0.4, -0.2) is 18.5 Å². The SMILES string of the molecule is Cl.NCC1(CC(=O)Nc2ccc(CNC(N)=O)cc2)CCCCC1. The van der Waals surface area contributed by atoms with Crippen LogP contribution in [0, 0.1) is 5.41 Å². The van der Waals surface area contributed by atoms with Crippen LogP contribution in [-0.2, 0) is 11.3 Å². The Morgan fingerprint density at radius 3 is 2.25 bits per heavy atom. The van der Waals surface area contributed by atoms with Gasteiger partial charge in [-0.2, -0.15) is 0 Å². The van der Waals surface area contributed by atoms with Crippen LogP contribution in [0.5, 0.6) is 0 Å². The maximum atomic E-state index is 12.3. The molecule has 1 aromatic carbocycles. The average molecular weight is 355 g/mol. The van der Waals surface area contributed by atoms with Crippen LogP contribution in [0.1, 0.15) is 44.1 Å². The summed E-state index contributed by atoms with van der Waals surface area (Å²) >= 11 is 0. The van der Waals surface area contributed by atoms with Crippen molar-refractivity contribution in [3.63, 3.8) is 0 Å². The number of nitrogens with two attached hydrogens (primary N) is 2. The maximum Gasteiger partial charge on any atom is 0.312 e. The Kier molecular flexibility index (Phi) is 8.01. The second kappa shape index (κ2) is 9.49. The van der Waals surface area contributed by atoms with Gasteiger partial charge in [0.25, 0.3) is 0 Å². The van der Waals surface area contributed by atoms with Crippen molar-refractivity contribution in [3.8, 4) is 0 Å². The summed E-state index contributed by atoms with van der Waals surface area (Å²) in [6.45, 7) is 0.942. The summed E-state index contributed by atoms with van der Waals surface area (Å²) in [5.41, 5.74) is 12.6. The largest absolute Gasteiger partial charge is 0.352 e. The third-order valence-electron chi connectivity index (χ3n) is 4.59. The number of rotatable bonds is 6. The molecule has 134 valence electrons. The molecule has 0 heterocycles. The van der Waals surface area contributed by atoms with Crippen molar-refractivity contribution in [3.05, 3.63) is 29.8 Å². The summed E-state index contributed by atoms with van der Waals surface area (Å²) < 4.78 is 0. The number of hydrogen-bond donors (Lipinski definition) is 4. The molecular formula is C17H27ClN4O2. The van der Waals surface area contributed by atoms with Gasteiger partial charge in [-0.05, 0) is 42.5 Å². The molecule has 1 fully saturated rings. The fourth-order valence-corrected chi connectivity index (χ4v) is 3.20. The summed E-state index contributed by atoms with van der Waals surface area (Å²) in [4.78, 5) is 23.0. The Bertz CT molecular complexity index is 542. The lowest BCUT2D eigenvalue weighted by Crippen LogP contribution is -2.36. The van der Waals surface area contributed by atoms with E-state index >= 15 is 0 Å². The molecule has 1 aromatic rings. The molecule has 6 nitrogen and oxygen atoms in total. The topological polar surface area (TPSA) is 110 Å². The number of amides is 3. The smallest absolute Gasteiger partial charge is 0.312 e. The number of benzene rings is 1. The van der Waals surface area contributed by atoms with Gasteiger partial charge in [-0.3, -0.25) is 4.79 Å². The third kappa shape index (κ3) is 6.02. The van der Waals surface area contributed by atoms with E-state index in [1.165, 1.54) is 6.42 Å². The molecule has 0 radical (unpaired) electrons. The Morgan fingerprint density at radius 2 is 1.71 bits per heavy atom. The maximum absolute atomic E-state index is 12.3. The molecule has 24 heavy (non-hydrogen) atoms. The summed E-state index contributed by atoms with van der Waals surface area (Å²) in [6.07, 6.45) is 6.11. The van der Waals surface area contributed by atoms with Gasteiger partial charge < -0.3 is 22.1 Å². The van der Waals surface area contributed by atoms with Gasteiger partial charge in [-0.1, -0.05) is 31.4 Å². The Morgan fingerprint density at radius 1 is 1.08 bits per heavy atom. The normalized spacial score (nSPS) is 15.9. The van der Waals surface area contributed by atoms with Gasteiger partial charge in [0.1, 0.15) is 0 Å². The highest BCUT2D eigenvalue weighted by Crippen LogP contribution is 2.38. The molecule has 1 aliphatic carbocycles. The second-order valence-corrected chi connectivity index (χ2v) is 6.40. The lowest BCUT2D eigenvalue weighted by molar-refractivity contribution is -0.118. The molecule has 0 saturated heterocycles. The summed E-state index contributed by atoms with van der Waals surface area (Å²) in [6, 6.07) is 6.80. The highest BCUT2D eigenvalue weighted by atomic mass is 35.5. The molecule has 0 aliphatic heterocycles. The molecule has 3 amide bonds. The first kappa shape index (κ1) is 20.3. The first-order valence-corrected chi connectivity index (χ1v) is 8.15. The molecular weight excluding hydrogens is 328 g/mol. The monoisotopic (exact) mass is 354 g/mol. The van der Waals surface area contributed by atoms with Gasteiger partial charge in [0.05, 0.1) is 0 Å². The molecule has 0 aromatic heterocycles. The van der Waals surface area contributed by atoms with Crippen molar-refractivity contribution in [1.82, 2.24) is 5.32 Å². The summed E-state index contributed by atoms with van der Waals surface area (Å²) in [5.74, 6) is 0.0142. The van der Waals surface area contributed by atoms with E-state index < -0.39 is 6.03 Å². The van der Waals surface area contributed by atoms with E-state index in [-0.39, 0.29) is 23.7 Å². The molecule has 2 rings (SSSR count). The number of urea groups is 1. The first-order valence-electron chi connectivity index (χ1n) is 8.15. The van der Waals surface area contributed by atoms with Crippen LogP contribution in [0.25, 0.3) is 0 Å². The van der Waals surface area contributed by atoms with E-state index in [4.69, 9.17) is 11.5 Å². The van der Waals surface area contributed by atoms with Crippen LogP contribution in [0.2, 0.25) is 0 Å². The lowest BCUT2D eigenvalue weighted by atomic mass is 9.71. The van der Waals surface area contributed by atoms with Crippen molar-refractivity contribution in [2.24, 2.45) is 16.9 Å². The third-order valence-corrected chi connectivity index (χ3v) is 4.59. The van der Waals surface area contributed by atoms with Crippen molar-refractivity contribution in [1.29, 1.82) is 0 Å². The van der Waals surface area contributed by atoms with Gasteiger partial charge in [0.2, 0.25) is 5.91 Å². The van der Waals surface area contributed by atoms with E-state index in [0.29, 0.717) is 19.5 Å². The van der Waals surface area contributed by atoms with E-state index in [1.54, 1.807) is 0 Å². The second-order valence-electron chi connectivity index (χ2n) is 6.40. The highest BCUT2D eigenvalue weighted by molar-refractivity contribution is 5.91. The van der Waals surface area contributed by atoms with E-state index in [1.807, 2.05) is 24.3 Å². The summed E-state index contributed by atoms with van der Waals surface area (Å²) in [7, 11) is 0. The number of primary amides is 1. The number of halogens is 1. The van der Waals surface area contributed by atoms with Crippen LogP contribution in [0.4, 0.5) is 10.5 Å². The predicted octanol–water partition coefficient (Wildman–Crippen LogP) is 2.51. The zero-order valence-corrected chi connectivity index (χ0v) is 14.7. The zero-order valence-electron chi connectivity index (χ0n) is 13.8. The highest BCUT2D eigenvalue weighted by Gasteiger charge is 2.32. The van der Waals surface area contributed by atoms with Gasteiger partial charge in [-0.25, -0.2) is 4.79 Å². The number of nitrogens with one attached hydrogen (secondary N) is 2. The molecule has 1 aliphatic rings. The van der Waals surface area contributed by atoms with Crippen molar-refractivity contribution in [2.75, 3.05) is 11.9 Å². The van der Waals surface area contributed by atoms with E-state index in [2.05, 4.69) is 10.6 Å². The fraction of sp³-hybridized carbons (Fsp3) is 0.529. The fourth-order valence-electron chi connectivity index (χ4n) is 3.20. The van der Waals surface area contributed by atoms with E-state index in [9.17, 15) is 9.59 Å². The van der Waals surface area contributed by atoms with Crippen molar-refractivity contribution in [2.45, 2.75) is 45.1 Å². The van der Waals surface area contributed by atoms with Crippen molar-refractivity contribution >= 4 is 30.0 Å². The molecule has 0 atom stereocenters. The minimum absolute atomic E-state index is 0. The van der Waals surface area contributed by atoms with Crippen molar-refractivity contribution < 1.29 is 9.59 Å².